The number of nitrogens with zero attached hydrogens (tertiary/aromatic N) is 1. The normalized spacial score (nSPS) is 20.5. The molecular formula is C19H24N2O4. The molecule has 6 heteroatoms. The number of ether oxygens (including phenoxy) is 2. The molecule has 1 unspecified atom stereocenters. The Bertz CT molecular complexity index is 651. The third kappa shape index (κ3) is 4.32. The first-order chi connectivity index (χ1) is 12.2. The molecule has 25 heavy (non-hydrogen) atoms. The molecule has 1 saturated heterocycles. The van der Waals surface area contributed by atoms with Crippen LogP contribution in [0.1, 0.15) is 19.8 Å². The van der Waals surface area contributed by atoms with Gasteiger partial charge in [0.25, 0.3) is 0 Å². The fourth-order valence-corrected chi connectivity index (χ4v) is 3.13. The number of likely N-dealkylation sites (tertiary alicyclic amines) is 1. The van der Waals surface area contributed by atoms with Gasteiger partial charge in [0.05, 0.1) is 6.54 Å². The maximum atomic E-state index is 12.4. The minimum absolute atomic E-state index is 0.0211. The average Bonchev–Trinajstić information content (AvgIpc) is 2.66. The molecule has 1 fully saturated rings. The van der Waals surface area contributed by atoms with Crippen LogP contribution in [0.25, 0.3) is 0 Å². The summed E-state index contributed by atoms with van der Waals surface area (Å²) in [5.41, 5.74) is 0. The molecule has 134 valence electrons. The molecule has 1 aromatic rings. The highest BCUT2D eigenvalue weighted by Crippen LogP contribution is 2.30. The number of allylic oxidation sites excluding steroid dienone is 1. The van der Waals surface area contributed by atoms with E-state index in [-0.39, 0.29) is 23.8 Å². The van der Waals surface area contributed by atoms with E-state index in [1.807, 2.05) is 31.2 Å². The summed E-state index contributed by atoms with van der Waals surface area (Å²) in [4.78, 5) is 26.0. The highest BCUT2D eigenvalue weighted by molar-refractivity contribution is 5.87. The molecule has 0 bridgehead atoms. The van der Waals surface area contributed by atoms with Crippen LogP contribution in [0.5, 0.6) is 11.5 Å². The molecule has 6 nitrogen and oxygen atoms in total. The topological polar surface area (TPSA) is 67.9 Å². The number of carbonyl (C=O) groups is 2. The van der Waals surface area contributed by atoms with E-state index in [4.69, 9.17) is 9.47 Å². The lowest BCUT2D eigenvalue weighted by molar-refractivity contribution is -0.132. The van der Waals surface area contributed by atoms with Crippen molar-refractivity contribution in [2.75, 3.05) is 26.2 Å². The van der Waals surface area contributed by atoms with Gasteiger partial charge in [0.15, 0.2) is 11.5 Å². The fourth-order valence-electron chi connectivity index (χ4n) is 3.13. The number of fused-ring (bicyclic) bond motifs is 1. The van der Waals surface area contributed by atoms with Crippen molar-refractivity contribution in [1.82, 2.24) is 10.2 Å². The Balaban J connectivity index is 1.43. The molecule has 0 radical (unpaired) electrons. The Morgan fingerprint density at radius 3 is 2.68 bits per heavy atom. The van der Waals surface area contributed by atoms with Crippen LogP contribution in [0.4, 0.5) is 0 Å². The third-order valence-electron chi connectivity index (χ3n) is 4.56. The first-order valence-electron chi connectivity index (χ1n) is 8.75. The van der Waals surface area contributed by atoms with Crippen LogP contribution in [-0.4, -0.2) is 49.1 Å². The van der Waals surface area contributed by atoms with Gasteiger partial charge in [-0.1, -0.05) is 18.2 Å². The van der Waals surface area contributed by atoms with E-state index in [1.54, 1.807) is 17.1 Å². The van der Waals surface area contributed by atoms with Crippen molar-refractivity contribution in [2.24, 2.45) is 5.92 Å². The first kappa shape index (κ1) is 17.3. The van der Waals surface area contributed by atoms with E-state index >= 15 is 0 Å². The van der Waals surface area contributed by atoms with Gasteiger partial charge in [0, 0.05) is 19.0 Å². The van der Waals surface area contributed by atoms with E-state index in [2.05, 4.69) is 5.32 Å². The Kier molecular flexibility index (Phi) is 5.58. The first-order valence-corrected chi connectivity index (χ1v) is 8.75. The van der Waals surface area contributed by atoms with Gasteiger partial charge in [0.1, 0.15) is 12.7 Å². The number of piperidine rings is 1. The van der Waals surface area contributed by atoms with Crippen LogP contribution >= 0.6 is 0 Å². The average molecular weight is 344 g/mol. The number of amides is 2. The van der Waals surface area contributed by atoms with Crippen LogP contribution in [0, 0.1) is 5.92 Å². The minimum Gasteiger partial charge on any atom is -0.486 e. The molecule has 1 N–H and O–H groups in total. The second-order valence-electron chi connectivity index (χ2n) is 6.34. The summed E-state index contributed by atoms with van der Waals surface area (Å²) in [5.74, 6) is 1.45. The summed E-state index contributed by atoms with van der Waals surface area (Å²) in [6.07, 6.45) is 4.51. The van der Waals surface area contributed by atoms with E-state index in [0.29, 0.717) is 44.8 Å². The summed E-state index contributed by atoms with van der Waals surface area (Å²) >= 11 is 0. The molecule has 0 spiro atoms. The lowest BCUT2D eigenvalue weighted by atomic mass is 9.95. The van der Waals surface area contributed by atoms with E-state index in [9.17, 15) is 9.59 Å². The molecule has 1 aromatic carbocycles. The second kappa shape index (κ2) is 8.05. The Labute approximate surface area is 147 Å². The van der Waals surface area contributed by atoms with Gasteiger partial charge in [-0.15, -0.1) is 0 Å². The van der Waals surface area contributed by atoms with Crippen LogP contribution in [0.2, 0.25) is 0 Å². The SMILES string of the molecule is C/C=C/C(=O)N1CCC(C(=O)NCC2COc3ccccc3O2)CC1. The maximum absolute atomic E-state index is 12.4. The zero-order valence-corrected chi connectivity index (χ0v) is 14.4. The number of hydrogen-bond acceptors (Lipinski definition) is 4. The lowest BCUT2D eigenvalue weighted by Gasteiger charge is -2.31. The lowest BCUT2D eigenvalue weighted by Crippen LogP contribution is -2.46. The van der Waals surface area contributed by atoms with Crippen LogP contribution in [-0.2, 0) is 9.59 Å². The van der Waals surface area contributed by atoms with Gasteiger partial charge < -0.3 is 19.7 Å². The Morgan fingerprint density at radius 1 is 1.24 bits per heavy atom. The molecular weight excluding hydrogens is 320 g/mol. The van der Waals surface area contributed by atoms with E-state index in [1.165, 1.54) is 0 Å². The molecule has 1 atom stereocenters. The summed E-state index contributed by atoms with van der Waals surface area (Å²) < 4.78 is 11.5. The zero-order valence-electron chi connectivity index (χ0n) is 14.4. The van der Waals surface area contributed by atoms with Crippen molar-refractivity contribution >= 4 is 11.8 Å². The number of hydrogen-bond donors (Lipinski definition) is 1. The predicted octanol–water partition coefficient (Wildman–Crippen LogP) is 1.76. The molecule has 2 heterocycles. The standard InChI is InChI=1S/C19H24N2O4/c1-2-5-18(22)21-10-8-14(9-11-21)19(23)20-12-15-13-24-16-6-3-4-7-17(16)25-15/h2-7,14-15H,8-13H2,1H3,(H,20,23)/b5-2+. The van der Waals surface area contributed by atoms with Crippen LogP contribution in [0.3, 0.4) is 0 Å². The summed E-state index contributed by atoms with van der Waals surface area (Å²) in [6, 6.07) is 7.53. The van der Waals surface area contributed by atoms with Gasteiger partial charge in [0.2, 0.25) is 11.8 Å². The van der Waals surface area contributed by atoms with Crippen molar-refractivity contribution < 1.29 is 19.1 Å². The molecule has 2 amide bonds. The van der Waals surface area contributed by atoms with E-state index in [0.717, 1.165) is 5.75 Å². The minimum atomic E-state index is -0.185. The van der Waals surface area contributed by atoms with Gasteiger partial charge in [-0.3, -0.25) is 9.59 Å². The highest BCUT2D eigenvalue weighted by Gasteiger charge is 2.28. The molecule has 0 aliphatic carbocycles. The maximum Gasteiger partial charge on any atom is 0.246 e. The fraction of sp³-hybridized carbons (Fsp3) is 0.474. The van der Waals surface area contributed by atoms with Crippen LogP contribution < -0.4 is 14.8 Å². The van der Waals surface area contributed by atoms with Crippen LogP contribution in [0.15, 0.2) is 36.4 Å². The monoisotopic (exact) mass is 344 g/mol. The third-order valence-corrected chi connectivity index (χ3v) is 4.56. The molecule has 2 aliphatic rings. The molecule has 0 saturated carbocycles. The zero-order chi connectivity index (χ0) is 17.6. The van der Waals surface area contributed by atoms with Crippen molar-refractivity contribution in [1.29, 1.82) is 0 Å². The van der Waals surface area contributed by atoms with Gasteiger partial charge in [-0.25, -0.2) is 0 Å². The quantitative estimate of drug-likeness (QED) is 0.845. The van der Waals surface area contributed by atoms with Gasteiger partial charge in [-0.2, -0.15) is 0 Å². The van der Waals surface area contributed by atoms with Crippen molar-refractivity contribution in [3.8, 4) is 11.5 Å². The number of nitrogens with one attached hydrogen (secondary N) is 1. The number of benzene rings is 1. The smallest absolute Gasteiger partial charge is 0.246 e. The molecule has 3 rings (SSSR count). The second-order valence-corrected chi connectivity index (χ2v) is 6.34. The number of para-hydroxylation sites is 2. The van der Waals surface area contributed by atoms with Gasteiger partial charge in [-0.05, 0) is 38.0 Å². The summed E-state index contributed by atoms with van der Waals surface area (Å²) in [5, 5.41) is 2.96. The number of carbonyl (C=O) groups excluding carboxylic acids is 2. The highest BCUT2D eigenvalue weighted by atomic mass is 16.6. The van der Waals surface area contributed by atoms with Gasteiger partial charge >= 0.3 is 0 Å². The van der Waals surface area contributed by atoms with Crippen molar-refractivity contribution in [3.63, 3.8) is 0 Å². The predicted molar refractivity (Wildman–Crippen MR) is 93.5 cm³/mol. The molecule has 0 aromatic heterocycles. The number of rotatable bonds is 4. The molecule has 2 aliphatic heterocycles. The largest absolute Gasteiger partial charge is 0.486 e. The summed E-state index contributed by atoms with van der Waals surface area (Å²) in [7, 11) is 0. The Hall–Kier alpha value is -2.50. The van der Waals surface area contributed by atoms with Crippen molar-refractivity contribution in [2.45, 2.75) is 25.9 Å². The Morgan fingerprint density at radius 2 is 1.96 bits per heavy atom. The van der Waals surface area contributed by atoms with Crippen molar-refractivity contribution in [3.05, 3.63) is 36.4 Å². The van der Waals surface area contributed by atoms with E-state index < -0.39 is 0 Å². The summed E-state index contributed by atoms with van der Waals surface area (Å²) in [6.45, 7) is 3.92.